The van der Waals surface area contributed by atoms with Crippen LogP contribution in [0.4, 0.5) is 0 Å². The predicted molar refractivity (Wildman–Crippen MR) is 68.7 cm³/mol. The average Bonchev–Trinajstić information content (AvgIpc) is 2.68. The first-order chi connectivity index (χ1) is 7.59. The van der Waals surface area contributed by atoms with Gasteiger partial charge in [-0.15, -0.1) is 11.3 Å². The highest BCUT2D eigenvalue weighted by molar-refractivity contribution is 8.00. The quantitative estimate of drug-likeness (QED) is 0.728. The molecule has 1 heterocycles. The highest BCUT2D eigenvalue weighted by atomic mass is 32.2. The number of carbonyl (C=O) groups is 1. The summed E-state index contributed by atoms with van der Waals surface area (Å²) in [4.78, 5) is 15.3. The van der Waals surface area contributed by atoms with Crippen LogP contribution in [0.2, 0.25) is 0 Å². The van der Waals surface area contributed by atoms with Crippen LogP contribution in [0.5, 0.6) is 0 Å². The van der Waals surface area contributed by atoms with E-state index in [4.69, 9.17) is 5.73 Å². The number of nitrogens with two attached hydrogens (primary N) is 1. The third-order valence-corrected chi connectivity index (χ3v) is 3.92. The zero-order chi connectivity index (χ0) is 12.0. The standard InChI is InChI=1S/C10H17N3OS2/c1-7(2)13-8(9(11)14)3-5-15-10-12-4-6-16-10/h4,6-8,13H,3,5H2,1-2H3,(H2,11,14). The Kier molecular flexibility index (Phi) is 5.79. The summed E-state index contributed by atoms with van der Waals surface area (Å²) in [7, 11) is 0. The number of thioether (sulfide) groups is 1. The molecule has 1 aromatic heterocycles. The van der Waals surface area contributed by atoms with Crippen LogP contribution >= 0.6 is 23.1 Å². The Morgan fingerprint density at radius 1 is 1.69 bits per heavy atom. The molecular formula is C10H17N3OS2. The lowest BCUT2D eigenvalue weighted by Crippen LogP contribution is -2.44. The van der Waals surface area contributed by atoms with Crippen molar-refractivity contribution in [1.29, 1.82) is 0 Å². The van der Waals surface area contributed by atoms with Crippen LogP contribution in [0.15, 0.2) is 15.9 Å². The molecule has 0 spiro atoms. The van der Waals surface area contributed by atoms with E-state index in [1.807, 2.05) is 19.2 Å². The molecule has 6 heteroatoms. The number of hydrogen-bond donors (Lipinski definition) is 2. The zero-order valence-electron chi connectivity index (χ0n) is 9.47. The molecule has 90 valence electrons. The predicted octanol–water partition coefficient (Wildman–Crippen LogP) is 1.48. The van der Waals surface area contributed by atoms with Gasteiger partial charge in [-0.3, -0.25) is 4.79 Å². The number of rotatable bonds is 7. The van der Waals surface area contributed by atoms with Crippen LogP contribution in [-0.2, 0) is 4.79 Å². The SMILES string of the molecule is CC(C)NC(CCSc1nccs1)C(N)=O. The molecule has 0 bridgehead atoms. The van der Waals surface area contributed by atoms with Gasteiger partial charge in [-0.05, 0) is 6.42 Å². The van der Waals surface area contributed by atoms with Crippen molar-refractivity contribution in [3.63, 3.8) is 0 Å². The van der Waals surface area contributed by atoms with E-state index in [0.29, 0.717) is 0 Å². The topological polar surface area (TPSA) is 68.0 Å². The molecule has 0 fully saturated rings. The van der Waals surface area contributed by atoms with Gasteiger partial charge in [0.2, 0.25) is 5.91 Å². The van der Waals surface area contributed by atoms with Gasteiger partial charge in [-0.1, -0.05) is 25.6 Å². The van der Waals surface area contributed by atoms with Gasteiger partial charge in [0.05, 0.1) is 6.04 Å². The fourth-order valence-electron chi connectivity index (χ4n) is 1.26. The lowest BCUT2D eigenvalue weighted by molar-refractivity contribution is -0.120. The summed E-state index contributed by atoms with van der Waals surface area (Å²) >= 11 is 3.27. The number of thiazole rings is 1. The van der Waals surface area contributed by atoms with Crippen molar-refractivity contribution in [3.05, 3.63) is 11.6 Å². The van der Waals surface area contributed by atoms with Gasteiger partial charge in [0.25, 0.3) is 0 Å². The van der Waals surface area contributed by atoms with Crippen molar-refractivity contribution in [2.45, 2.75) is 36.7 Å². The summed E-state index contributed by atoms with van der Waals surface area (Å²) in [6.07, 6.45) is 2.52. The minimum Gasteiger partial charge on any atom is -0.368 e. The molecule has 3 N–H and O–H groups in total. The molecule has 0 radical (unpaired) electrons. The highest BCUT2D eigenvalue weighted by Crippen LogP contribution is 2.21. The summed E-state index contributed by atoms with van der Waals surface area (Å²) in [5.74, 6) is 0.564. The van der Waals surface area contributed by atoms with Crippen LogP contribution in [0.3, 0.4) is 0 Å². The first kappa shape index (κ1) is 13.5. The Hall–Kier alpha value is -0.590. The molecule has 4 nitrogen and oxygen atoms in total. The Labute approximate surface area is 104 Å². The molecule has 1 unspecified atom stereocenters. The van der Waals surface area contributed by atoms with Crippen LogP contribution in [0.25, 0.3) is 0 Å². The maximum Gasteiger partial charge on any atom is 0.234 e. The van der Waals surface area contributed by atoms with Gasteiger partial charge in [0.15, 0.2) is 0 Å². The number of hydrogen-bond acceptors (Lipinski definition) is 5. The van der Waals surface area contributed by atoms with Gasteiger partial charge in [-0.2, -0.15) is 0 Å². The van der Waals surface area contributed by atoms with E-state index in [1.54, 1.807) is 29.3 Å². The molecule has 0 aliphatic carbocycles. The molecule has 1 rings (SSSR count). The monoisotopic (exact) mass is 259 g/mol. The maximum atomic E-state index is 11.2. The van der Waals surface area contributed by atoms with E-state index < -0.39 is 0 Å². The average molecular weight is 259 g/mol. The first-order valence-electron chi connectivity index (χ1n) is 5.17. The Morgan fingerprint density at radius 3 is 2.94 bits per heavy atom. The largest absolute Gasteiger partial charge is 0.368 e. The molecule has 1 aromatic rings. The second-order valence-electron chi connectivity index (χ2n) is 3.71. The molecule has 1 atom stereocenters. The van der Waals surface area contributed by atoms with E-state index in [9.17, 15) is 4.79 Å². The van der Waals surface area contributed by atoms with E-state index in [0.717, 1.165) is 16.5 Å². The van der Waals surface area contributed by atoms with Crippen LogP contribution in [0.1, 0.15) is 20.3 Å². The van der Waals surface area contributed by atoms with E-state index in [1.165, 1.54) is 0 Å². The number of amides is 1. The summed E-state index contributed by atoms with van der Waals surface area (Å²) in [6.45, 7) is 4.01. The Balaban J connectivity index is 2.30. The molecular weight excluding hydrogens is 242 g/mol. The highest BCUT2D eigenvalue weighted by Gasteiger charge is 2.15. The van der Waals surface area contributed by atoms with Crippen molar-refractivity contribution in [2.24, 2.45) is 5.73 Å². The maximum absolute atomic E-state index is 11.2. The fraction of sp³-hybridized carbons (Fsp3) is 0.600. The number of aromatic nitrogens is 1. The number of carbonyl (C=O) groups excluding carboxylic acids is 1. The minimum atomic E-state index is -0.284. The van der Waals surface area contributed by atoms with Gasteiger partial charge in [0.1, 0.15) is 4.34 Å². The summed E-state index contributed by atoms with van der Waals surface area (Å²) in [5.41, 5.74) is 5.32. The van der Waals surface area contributed by atoms with Gasteiger partial charge in [-0.25, -0.2) is 4.98 Å². The van der Waals surface area contributed by atoms with Crippen molar-refractivity contribution < 1.29 is 4.79 Å². The van der Waals surface area contributed by atoms with E-state index in [2.05, 4.69) is 10.3 Å². The van der Waals surface area contributed by atoms with Crippen molar-refractivity contribution in [3.8, 4) is 0 Å². The lowest BCUT2D eigenvalue weighted by atomic mass is 10.2. The Morgan fingerprint density at radius 2 is 2.44 bits per heavy atom. The van der Waals surface area contributed by atoms with Crippen molar-refractivity contribution in [1.82, 2.24) is 10.3 Å². The van der Waals surface area contributed by atoms with Gasteiger partial charge in [0, 0.05) is 23.4 Å². The molecule has 0 saturated heterocycles. The van der Waals surface area contributed by atoms with Gasteiger partial charge < -0.3 is 11.1 Å². The fourth-order valence-corrected chi connectivity index (χ4v) is 2.97. The minimum absolute atomic E-state index is 0.243. The molecule has 16 heavy (non-hydrogen) atoms. The van der Waals surface area contributed by atoms with Crippen molar-refractivity contribution in [2.75, 3.05) is 5.75 Å². The third-order valence-electron chi connectivity index (χ3n) is 1.92. The summed E-state index contributed by atoms with van der Waals surface area (Å²) in [5, 5.41) is 5.10. The van der Waals surface area contributed by atoms with E-state index in [-0.39, 0.29) is 18.0 Å². The number of nitrogens with zero attached hydrogens (tertiary/aromatic N) is 1. The van der Waals surface area contributed by atoms with Gasteiger partial charge >= 0.3 is 0 Å². The molecule has 0 aliphatic rings. The number of nitrogens with one attached hydrogen (secondary N) is 1. The van der Waals surface area contributed by atoms with Crippen LogP contribution < -0.4 is 11.1 Å². The zero-order valence-corrected chi connectivity index (χ0v) is 11.1. The smallest absolute Gasteiger partial charge is 0.234 e. The Bertz CT molecular complexity index is 314. The number of primary amides is 1. The second kappa shape index (κ2) is 6.88. The lowest BCUT2D eigenvalue weighted by Gasteiger charge is -2.17. The molecule has 0 aromatic carbocycles. The van der Waals surface area contributed by atoms with Crippen LogP contribution in [0, 0.1) is 0 Å². The molecule has 0 saturated carbocycles. The summed E-state index contributed by atoms with van der Waals surface area (Å²) in [6, 6.07) is 0.0230. The van der Waals surface area contributed by atoms with Crippen molar-refractivity contribution >= 4 is 29.0 Å². The molecule has 1 amide bonds. The summed E-state index contributed by atoms with van der Waals surface area (Å²) < 4.78 is 1.03. The molecule has 0 aliphatic heterocycles. The third kappa shape index (κ3) is 4.96. The second-order valence-corrected chi connectivity index (χ2v) is 5.95. The van der Waals surface area contributed by atoms with Crippen LogP contribution in [-0.4, -0.2) is 28.7 Å². The normalized spacial score (nSPS) is 12.9. The first-order valence-corrected chi connectivity index (χ1v) is 7.03. The van der Waals surface area contributed by atoms with E-state index >= 15 is 0 Å².